The maximum atomic E-state index is 10.9. The number of aliphatic carboxylic acids is 1. The number of hydrogen-bond donors (Lipinski definition) is 1. The Morgan fingerprint density at radius 2 is 2.08 bits per heavy atom. The highest BCUT2D eigenvalue weighted by molar-refractivity contribution is 5.78. The van der Waals surface area contributed by atoms with Crippen LogP contribution in [0, 0.1) is 0 Å². The van der Waals surface area contributed by atoms with Gasteiger partial charge in [0.15, 0.2) is 5.60 Å². The molecule has 0 aliphatic heterocycles. The minimum absolute atomic E-state index is 0.581. The van der Waals surface area contributed by atoms with Gasteiger partial charge in [-0.3, -0.25) is 4.98 Å². The van der Waals surface area contributed by atoms with Crippen molar-refractivity contribution in [3.63, 3.8) is 0 Å². The van der Waals surface area contributed by atoms with Gasteiger partial charge in [-0.2, -0.15) is 0 Å². The van der Waals surface area contributed by atoms with E-state index in [1.54, 1.807) is 12.1 Å². The van der Waals surface area contributed by atoms with Gasteiger partial charge in [0.1, 0.15) is 0 Å². The van der Waals surface area contributed by atoms with Crippen LogP contribution in [0.25, 0.3) is 0 Å². The first-order chi connectivity index (χ1) is 6.11. The molecule has 4 nitrogen and oxygen atoms in total. The van der Waals surface area contributed by atoms with Gasteiger partial charge < -0.3 is 9.84 Å². The zero-order valence-corrected chi connectivity index (χ0v) is 7.52. The first kappa shape index (κ1) is 9.67. The van der Waals surface area contributed by atoms with Crippen LogP contribution < -0.4 is 0 Å². The lowest BCUT2D eigenvalue weighted by atomic mass is 9.97. The average molecular weight is 181 g/mol. The van der Waals surface area contributed by atoms with Crippen LogP contribution in [0.5, 0.6) is 0 Å². The zero-order chi connectivity index (χ0) is 9.90. The molecule has 0 aromatic carbocycles. The molecule has 70 valence electrons. The van der Waals surface area contributed by atoms with Crippen molar-refractivity contribution in [1.82, 2.24) is 4.98 Å². The molecule has 1 N–H and O–H groups in total. The van der Waals surface area contributed by atoms with E-state index in [1.165, 1.54) is 26.4 Å². The molecule has 0 bridgehead atoms. The molecular weight excluding hydrogens is 170 g/mol. The number of rotatable bonds is 3. The molecule has 0 spiro atoms. The molecule has 0 aliphatic carbocycles. The average Bonchev–Trinajstić information content (AvgIpc) is 2.17. The summed E-state index contributed by atoms with van der Waals surface area (Å²) in [6.45, 7) is 1.50. The normalized spacial score (nSPS) is 14.9. The summed E-state index contributed by atoms with van der Waals surface area (Å²) in [6.07, 6.45) is 3.07. The number of methoxy groups -OCH3 is 1. The topological polar surface area (TPSA) is 59.4 Å². The fraction of sp³-hybridized carbons (Fsp3) is 0.333. The minimum Gasteiger partial charge on any atom is -0.479 e. The third-order valence-electron chi connectivity index (χ3n) is 2.05. The van der Waals surface area contributed by atoms with Crippen LogP contribution in [-0.4, -0.2) is 23.2 Å². The number of pyridine rings is 1. The van der Waals surface area contributed by atoms with Crippen LogP contribution in [0.1, 0.15) is 12.5 Å². The van der Waals surface area contributed by atoms with E-state index >= 15 is 0 Å². The summed E-state index contributed by atoms with van der Waals surface area (Å²) < 4.78 is 4.96. The maximum absolute atomic E-state index is 10.9. The number of carbonyl (C=O) groups is 1. The quantitative estimate of drug-likeness (QED) is 0.756. The standard InChI is InChI=1S/C9H11NO3/c1-9(13-2,8(11)12)7-3-5-10-6-4-7/h3-6H,1-2H3,(H,11,12). The summed E-state index contributed by atoms with van der Waals surface area (Å²) >= 11 is 0. The molecule has 1 unspecified atom stereocenters. The SMILES string of the molecule is COC(C)(C(=O)O)c1ccncc1. The van der Waals surface area contributed by atoms with Crippen molar-refractivity contribution >= 4 is 5.97 Å². The minimum atomic E-state index is -1.29. The summed E-state index contributed by atoms with van der Waals surface area (Å²) in [5, 5.41) is 8.94. The lowest BCUT2D eigenvalue weighted by Gasteiger charge is -2.22. The Labute approximate surface area is 76.2 Å². The van der Waals surface area contributed by atoms with E-state index in [9.17, 15) is 4.79 Å². The van der Waals surface area contributed by atoms with Gasteiger partial charge in [0.2, 0.25) is 0 Å². The third kappa shape index (κ3) is 1.67. The highest BCUT2D eigenvalue weighted by Crippen LogP contribution is 2.23. The van der Waals surface area contributed by atoms with Gasteiger partial charge in [-0.1, -0.05) is 0 Å². The second-order valence-electron chi connectivity index (χ2n) is 2.78. The molecule has 0 aliphatic rings. The molecule has 1 aromatic heterocycles. The molecule has 1 heterocycles. The molecule has 1 atom stereocenters. The number of carboxylic acid groups (broad SMARTS) is 1. The largest absolute Gasteiger partial charge is 0.479 e. The first-order valence-electron chi connectivity index (χ1n) is 3.80. The molecule has 1 rings (SSSR count). The summed E-state index contributed by atoms with van der Waals surface area (Å²) in [5.41, 5.74) is -0.708. The summed E-state index contributed by atoms with van der Waals surface area (Å²) in [6, 6.07) is 3.25. The van der Waals surface area contributed by atoms with E-state index < -0.39 is 11.6 Å². The van der Waals surface area contributed by atoms with Crippen LogP contribution in [0.2, 0.25) is 0 Å². The Kier molecular flexibility index (Phi) is 2.63. The fourth-order valence-corrected chi connectivity index (χ4v) is 0.999. The van der Waals surface area contributed by atoms with E-state index in [2.05, 4.69) is 4.98 Å². The molecular formula is C9H11NO3. The highest BCUT2D eigenvalue weighted by atomic mass is 16.5. The fourth-order valence-electron chi connectivity index (χ4n) is 0.999. The maximum Gasteiger partial charge on any atom is 0.340 e. The van der Waals surface area contributed by atoms with Gasteiger partial charge in [-0.15, -0.1) is 0 Å². The Balaban J connectivity index is 3.11. The van der Waals surface area contributed by atoms with E-state index in [1.807, 2.05) is 0 Å². The zero-order valence-electron chi connectivity index (χ0n) is 7.52. The van der Waals surface area contributed by atoms with E-state index in [0.29, 0.717) is 5.56 Å². The summed E-state index contributed by atoms with van der Waals surface area (Å²) in [5.74, 6) is -1.01. The van der Waals surface area contributed by atoms with Crippen molar-refractivity contribution in [2.45, 2.75) is 12.5 Å². The molecule has 0 fully saturated rings. The lowest BCUT2D eigenvalue weighted by Crippen LogP contribution is -2.34. The number of ether oxygens (including phenoxy) is 1. The van der Waals surface area contributed by atoms with Gasteiger partial charge in [0.05, 0.1) is 0 Å². The van der Waals surface area contributed by atoms with Crippen LogP contribution in [0.3, 0.4) is 0 Å². The van der Waals surface area contributed by atoms with Crippen LogP contribution >= 0.6 is 0 Å². The van der Waals surface area contributed by atoms with Crippen molar-refractivity contribution in [1.29, 1.82) is 0 Å². The predicted octanol–water partition coefficient (Wildman–Crippen LogP) is 1.03. The number of nitrogens with zero attached hydrogens (tertiary/aromatic N) is 1. The highest BCUT2D eigenvalue weighted by Gasteiger charge is 2.34. The number of hydrogen-bond acceptors (Lipinski definition) is 3. The van der Waals surface area contributed by atoms with Crippen molar-refractivity contribution in [3.8, 4) is 0 Å². The molecule has 0 radical (unpaired) electrons. The summed E-state index contributed by atoms with van der Waals surface area (Å²) in [4.78, 5) is 14.7. The third-order valence-corrected chi connectivity index (χ3v) is 2.05. The predicted molar refractivity (Wildman–Crippen MR) is 46.2 cm³/mol. The first-order valence-corrected chi connectivity index (χ1v) is 3.80. The van der Waals surface area contributed by atoms with Crippen LogP contribution in [-0.2, 0) is 15.1 Å². The summed E-state index contributed by atoms with van der Waals surface area (Å²) in [7, 11) is 1.37. The van der Waals surface area contributed by atoms with Crippen LogP contribution in [0.15, 0.2) is 24.5 Å². The molecule has 13 heavy (non-hydrogen) atoms. The van der Waals surface area contributed by atoms with Crippen LogP contribution in [0.4, 0.5) is 0 Å². The van der Waals surface area contributed by atoms with Gasteiger partial charge in [-0.05, 0) is 24.6 Å². The molecule has 1 aromatic rings. The number of aromatic nitrogens is 1. The van der Waals surface area contributed by atoms with Crippen molar-refractivity contribution in [2.75, 3.05) is 7.11 Å². The van der Waals surface area contributed by atoms with Gasteiger partial charge in [-0.25, -0.2) is 4.79 Å². The van der Waals surface area contributed by atoms with E-state index in [-0.39, 0.29) is 0 Å². The number of carboxylic acids is 1. The van der Waals surface area contributed by atoms with E-state index in [0.717, 1.165) is 0 Å². The smallest absolute Gasteiger partial charge is 0.340 e. The second kappa shape index (κ2) is 3.53. The van der Waals surface area contributed by atoms with Gasteiger partial charge in [0.25, 0.3) is 0 Å². The monoisotopic (exact) mass is 181 g/mol. The van der Waals surface area contributed by atoms with Gasteiger partial charge in [0, 0.05) is 19.5 Å². The second-order valence-corrected chi connectivity index (χ2v) is 2.78. The molecule has 4 heteroatoms. The van der Waals surface area contributed by atoms with E-state index in [4.69, 9.17) is 9.84 Å². The lowest BCUT2D eigenvalue weighted by molar-refractivity contribution is -0.161. The Morgan fingerprint density at radius 3 is 2.46 bits per heavy atom. The van der Waals surface area contributed by atoms with Crippen molar-refractivity contribution in [2.24, 2.45) is 0 Å². The Hall–Kier alpha value is -1.42. The van der Waals surface area contributed by atoms with Gasteiger partial charge >= 0.3 is 5.97 Å². The molecule has 0 amide bonds. The Bertz CT molecular complexity index is 299. The van der Waals surface area contributed by atoms with Crippen molar-refractivity contribution < 1.29 is 14.6 Å². The molecule has 0 saturated carbocycles. The van der Waals surface area contributed by atoms with Crippen molar-refractivity contribution in [3.05, 3.63) is 30.1 Å². The Morgan fingerprint density at radius 1 is 1.54 bits per heavy atom. The molecule has 0 saturated heterocycles.